The van der Waals surface area contributed by atoms with Crippen molar-refractivity contribution in [1.29, 1.82) is 0 Å². The average Bonchev–Trinajstić information content (AvgIpc) is 3.01. The molecular weight excluding hydrogens is 297 g/mol. The van der Waals surface area contributed by atoms with Gasteiger partial charge in [-0.3, -0.25) is 0 Å². The van der Waals surface area contributed by atoms with E-state index in [4.69, 9.17) is 11.6 Å². The number of nitrogens with zero attached hydrogens (tertiary/aromatic N) is 2. The number of pyridine rings is 1. The lowest BCUT2D eigenvalue weighted by atomic mass is 9.90. The molecule has 1 aliphatic carbocycles. The van der Waals surface area contributed by atoms with Crippen molar-refractivity contribution in [3.8, 4) is 0 Å². The topological polar surface area (TPSA) is 49.6 Å². The van der Waals surface area contributed by atoms with Gasteiger partial charge in [-0.1, -0.05) is 11.6 Å². The number of aromatic nitrogens is 2. The molecule has 3 atom stereocenters. The molecule has 1 unspecified atom stereocenters. The van der Waals surface area contributed by atoms with Gasteiger partial charge in [0.15, 0.2) is 0 Å². The predicted octanol–water partition coefficient (Wildman–Crippen LogP) is 2.23. The molecule has 4 rings (SSSR count). The molecule has 0 amide bonds. The first-order valence-corrected chi connectivity index (χ1v) is 7.08. The zero-order valence-electron chi connectivity index (χ0n) is 10.9. The summed E-state index contributed by atoms with van der Waals surface area (Å²) in [6.07, 6.45) is 6.98. The molecule has 6 heteroatoms. The lowest BCUT2D eigenvalue weighted by Gasteiger charge is -2.25. The van der Waals surface area contributed by atoms with E-state index in [1.165, 1.54) is 0 Å². The number of aliphatic hydroxyl groups is 1. The van der Waals surface area contributed by atoms with Crippen LogP contribution >= 0.6 is 24.0 Å². The zero-order valence-corrected chi connectivity index (χ0v) is 12.5. The second kappa shape index (κ2) is 4.88. The van der Waals surface area contributed by atoms with Crippen LogP contribution in [0.2, 0.25) is 5.02 Å². The summed E-state index contributed by atoms with van der Waals surface area (Å²) in [4.78, 5) is 4.16. The Kier molecular flexibility index (Phi) is 3.45. The van der Waals surface area contributed by atoms with E-state index in [0.717, 1.165) is 37.0 Å². The molecule has 0 spiro atoms. The second-order valence-electron chi connectivity index (χ2n) is 5.88. The lowest BCUT2D eigenvalue weighted by molar-refractivity contribution is 0.0370. The zero-order chi connectivity index (χ0) is 13.0. The molecule has 0 aromatic carbocycles. The maximum Gasteiger partial charge on any atom is 0.0992 e. The number of hydrogen-bond acceptors (Lipinski definition) is 3. The van der Waals surface area contributed by atoms with Crippen LogP contribution in [0.4, 0.5) is 0 Å². The quantitative estimate of drug-likeness (QED) is 0.849. The van der Waals surface area contributed by atoms with Crippen LogP contribution in [0.25, 0.3) is 5.52 Å². The molecule has 3 heterocycles. The van der Waals surface area contributed by atoms with Gasteiger partial charge in [0.1, 0.15) is 0 Å². The molecule has 0 bridgehead atoms. The van der Waals surface area contributed by atoms with Gasteiger partial charge < -0.3 is 14.8 Å². The Labute approximate surface area is 128 Å². The third-order valence-corrected chi connectivity index (χ3v) is 4.87. The van der Waals surface area contributed by atoms with Crippen molar-refractivity contribution in [2.24, 2.45) is 11.8 Å². The number of hydrogen-bond donors (Lipinski definition) is 2. The molecule has 2 aromatic heterocycles. The predicted molar refractivity (Wildman–Crippen MR) is 80.4 cm³/mol. The number of imidazole rings is 1. The van der Waals surface area contributed by atoms with Crippen molar-refractivity contribution in [3.05, 3.63) is 35.4 Å². The van der Waals surface area contributed by atoms with E-state index < -0.39 is 5.60 Å². The SMILES string of the molecule is Cl.OC1(c2cc(Cl)cn3cncc23)C[C@H]2CNC[C@H]2C1. The Balaban J connectivity index is 0.00000121. The summed E-state index contributed by atoms with van der Waals surface area (Å²) in [7, 11) is 0. The fourth-order valence-corrected chi connectivity index (χ4v) is 4.02. The van der Waals surface area contributed by atoms with Gasteiger partial charge in [-0.2, -0.15) is 0 Å². The lowest BCUT2D eigenvalue weighted by Crippen LogP contribution is -2.26. The molecular formula is C14H17Cl2N3O. The molecule has 1 aliphatic heterocycles. The van der Waals surface area contributed by atoms with E-state index >= 15 is 0 Å². The van der Waals surface area contributed by atoms with Crippen LogP contribution in [0.15, 0.2) is 24.8 Å². The van der Waals surface area contributed by atoms with Gasteiger partial charge in [0.2, 0.25) is 0 Å². The Morgan fingerprint density at radius 3 is 2.75 bits per heavy atom. The van der Waals surface area contributed by atoms with Crippen molar-refractivity contribution in [3.63, 3.8) is 0 Å². The second-order valence-corrected chi connectivity index (χ2v) is 6.31. The average molecular weight is 314 g/mol. The maximum absolute atomic E-state index is 11.1. The standard InChI is InChI=1S/C14H16ClN3O.ClH/c15-11-1-12(13-6-17-8-18(13)7-11)14(19)2-9-4-16-5-10(9)3-14;/h1,6-10,16,19H,2-5H2;1H/t9-,10+,14?;. The summed E-state index contributed by atoms with van der Waals surface area (Å²) < 4.78 is 1.89. The van der Waals surface area contributed by atoms with Gasteiger partial charge in [0.05, 0.1) is 28.7 Å². The number of halogens is 2. The van der Waals surface area contributed by atoms with E-state index in [1.54, 1.807) is 12.5 Å². The van der Waals surface area contributed by atoms with Gasteiger partial charge in [0.25, 0.3) is 0 Å². The molecule has 4 nitrogen and oxygen atoms in total. The van der Waals surface area contributed by atoms with Crippen LogP contribution in [-0.2, 0) is 5.60 Å². The summed E-state index contributed by atoms with van der Waals surface area (Å²) in [6, 6.07) is 1.90. The van der Waals surface area contributed by atoms with Crippen molar-refractivity contribution >= 4 is 29.5 Å². The van der Waals surface area contributed by atoms with Gasteiger partial charge >= 0.3 is 0 Å². The minimum Gasteiger partial charge on any atom is -0.385 e. The third kappa shape index (κ3) is 2.02. The van der Waals surface area contributed by atoms with Crippen LogP contribution in [-0.4, -0.2) is 27.6 Å². The highest BCUT2D eigenvalue weighted by Gasteiger charge is 2.47. The summed E-state index contributed by atoms with van der Waals surface area (Å²) in [6.45, 7) is 2.03. The van der Waals surface area contributed by atoms with Crippen molar-refractivity contribution in [2.75, 3.05) is 13.1 Å². The van der Waals surface area contributed by atoms with E-state index in [1.807, 2.05) is 16.7 Å². The Morgan fingerprint density at radius 1 is 1.35 bits per heavy atom. The van der Waals surface area contributed by atoms with Crippen molar-refractivity contribution in [1.82, 2.24) is 14.7 Å². The molecule has 2 aliphatic rings. The van der Waals surface area contributed by atoms with Crippen LogP contribution < -0.4 is 5.32 Å². The number of nitrogens with one attached hydrogen (secondary N) is 1. The first-order valence-electron chi connectivity index (χ1n) is 6.70. The van der Waals surface area contributed by atoms with Crippen molar-refractivity contribution in [2.45, 2.75) is 18.4 Å². The maximum atomic E-state index is 11.1. The Hall–Kier alpha value is -0.810. The van der Waals surface area contributed by atoms with Gasteiger partial charge in [-0.15, -0.1) is 12.4 Å². The molecule has 2 fully saturated rings. The highest BCUT2D eigenvalue weighted by Crippen LogP contribution is 2.48. The fourth-order valence-electron chi connectivity index (χ4n) is 3.81. The Morgan fingerprint density at radius 2 is 2.05 bits per heavy atom. The van der Waals surface area contributed by atoms with E-state index in [2.05, 4.69) is 10.3 Å². The monoisotopic (exact) mass is 313 g/mol. The molecule has 2 N–H and O–H groups in total. The first-order chi connectivity index (χ1) is 9.16. The smallest absolute Gasteiger partial charge is 0.0992 e. The van der Waals surface area contributed by atoms with Gasteiger partial charge in [-0.25, -0.2) is 4.98 Å². The highest BCUT2D eigenvalue weighted by molar-refractivity contribution is 6.30. The largest absolute Gasteiger partial charge is 0.385 e. The molecule has 1 saturated carbocycles. The van der Waals surface area contributed by atoms with Crippen LogP contribution in [0, 0.1) is 11.8 Å². The third-order valence-electron chi connectivity index (χ3n) is 4.67. The molecule has 108 valence electrons. The fraction of sp³-hybridized carbons (Fsp3) is 0.500. The van der Waals surface area contributed by atoms with Crippen LogP contribution in [0.3, 0.4) is 0 Å². The minimum absolute atomic E-state index is 0. The minimum atomic E-state index is -0.760. The van der Waals surface area contributed by atoms with Gasteiger partial charge in [-0.05, 0) is 43.8 Å². The summed E-state index contributed by atoms with van der Waals surface area (Å²) >= 11 is 6.17. The molecule has 1 saturated heterocycles. The molecule has 2 aromatic rings. The van der Waals surface area contributed by atoms with Crippen LogP contribution in [0.5, 0.6) is 0 Å². The molecule has 0 radical (unpaired) electrons. The van der Waals surface area contributed by atoms with Crippen molar-refractivity contribution < 1.29 is 5.11 Å². The first kappa shape index (κ1) is 14.1. The summed E-state index contributed by atoms with van der Waals surface area (Å²) in [5.74, 6) is 1.15. The normalized spacial score (nSPS) is 32.3. The van der Waals surface area contributed by atoms with E-state index in [9.17, 15) is 5.11 Å². The summed E-state index contributed by atoms with van der Waals surface area (Å²) in [5.41, 5.74) is 1.12. The number of rotatable bonds is 1. The Bertz CT molecular complexity index is 630. The number of fused-ring (bicyclic) bond motifs is 2. The van der Waals surface area contributed by atoms with Gasteiger partial charge in [0, 0.05) is 11.8 Å². The highest BCUT2D eigenvalue weighted by atomic mass is 35.5. The summed E-state index contributed by atoms with van der Waals surface area (Å²) in [5, 5.41) is 15.1. The molecule has 20 heavy (non-hydrogen) atoms. The van der Waals surface area contributed by atoms with E-state index in [-0.39, 0.29) is 12.4 Å². The van der Waals surface area contributed by atoms with Crippen LogP contribution in [0.1, 0.15) is 18.4 Å². The van der Waals surface area contributed by atoms with E-state index in [0.29, 0.717) is 16.9 Å².